The van der Waals surface area contributed by atoms with Gasteiger partial charge in [-0.05, 0) is 5.56 Å². The number of benzene rings is 1. The van der Waals surface area contributed by atoms with Crippen LogP contribution in [-0.4, -0.2) is 12.3 Å². The van der Waals surface area contributed by atoms with Crippen LogP contribution >= 0.6 is 0 Å². The van der Waals surface area contributed by atoms with Crippen molar-refractivity contribution in [3.63, 3.8) is 0 Å². The fourth-order valence-electron chi connectivity index (χ4n) is 1.36. The van der Waals surface area contributed by atoms with E-state index >= 15 is 0 Å². The van der Waals surface area contributed by atoms with Crippen molar-refractivity contribution >= 4 is 5.78 Å². The second-order valence-corrected chi connectivity index (χ2v) is 3.05. The summed E-state index contributed by atoms with van der Waals surface area (Å²) in [6.07, 6.45) is 5.24. The molecule has 1 unspecified atom stereocenters. The number of terminal acetylenes is 1. The van der Waals surface area contributed by atoms with Crippen LogP contribution in [0.2, 0.25) is 0 Å². The minimum Gasteiger partial charge on any atom is -0.329 e. The lowest BCUT2D eigenvalue weighted by molar-refractivity contribution is -0.119. The lowest BCUT2D eigenvalue weighted by atomic mass is 9.93. The lowest BCUT2D eigenvalue weighted by Gasteiger charge is -2.11. The molecule has 0 saturated carbocycles. The number of carbonyl (C=O) groups excluding carboxylic acids is 1. The zero-order chi connectivity index (χ0) is 10.4. The molecule has 1 rings (SSSR count). The van der Waals surface area contributed by atoms with Crippen molar-refractivity contribution in [2.24, 2.45) is 5.73 Å². The smallest absolute Gasteiger partial charge is 0.153 e. The normalized spacial score (nSPS) is 11.7. The first kappa shape index (κ1) is 10.5. The minimum atomic E-state index is -0.257. The fraction of sp³-hybridized carbons (Fsp3) is 0.250. The van der Waals surface area contributed by atoms with Gasteiger partial charge in [0.2, 0.25) is 0 Å². The molecule has 14 heavy (non-hydrogen) atoms. The number of carbonyl (C=O) groups is 1. The third kappa shape index (κ3) is 2.45. The molecule has 2 nitrogen and oxygen atoms in total. The van der Waals surface area contributed by atoms with Gasteiger partial charge in [-0.2, -0.15) is 0 Å². The fourth-order valence-corrected chi connectivity index (χ4v) is 1.36. The van der Waals surface area contributed by atoms with Gasteiger partial charge in [0.1, 0.15) is 0 Å². The quantitative estimate of drug-likeness (QED) is 0.722. The lowest BCUT2D eigenvalue weighted by Crippen LogP contribution is -2.21. The summed E-state index contributed by atoms with van der Waals surface area (Å²) in [5, 5.41) is 0. The molecule has 1 aromatic carbocycles. The van der Waals surface area contributed by atoms with E-state index < -0.39 is 0 Å². The van der Waals surface area contributed by atoms with Gasteiger partial charge in [-0.3, -0.25) is 4.79 Å². The first-order valence-electron chi connectivity index (χ1n) is 4.50. The van der Waals surface area contributed by atoms with Crippen molar-refractivity contribution in [2.75, 3.05) is 6.54 Å². The van der Waals surface area contributed by atoms with Gasteiger partial charge < -0.3 is 5.73 Å². The average molecular weight is 187 g/mol. The van der Waals surface area contributed by atoms with Crippen molar-refractivity contribution in [2.45, 2.75) is 12.3 Å². The summed E-state index contributed by atoms with van der Waals surface area (Å²) in [7, 11) is 0. The number of rotatable bonds is 4. The van der Waals surface area contributed by atoms with Crippen LogP contribution in [0.1, 0.15) is 17.9 Å². The summed E-state index contributed by atoms with van der Waals surface area (Å²) >= 11 is 0. The zero-order valence-corrected chi connectivity index (χ0v) is 7.94. The maximum atomic E-state index is 11.6. The Bertz CT molecular complexity index is 337. The van der Waals surface area contributed by atoms with Crippen LogP contribution in [0, 0.1) is 12.3 Å². The van der Waals surface area contributed by atoms with Crippen LogP contribution < -0.4 is 5.73 Å². The molecule has 0 heterocycles. The summed E-state index contributed by atoms with van der Waals surface area (Å²) in [4.78, 5) is 11.6. The van der Waals surface area contributed by atoms with Gasteiger partial charge in [-0.1, -0.05) is 36.3 Å². The van der Waals surface area contributed by atoms with Gasteiger partial charge in [0, 0.05) is 6.54 Å². The molecule has 0 aliphatic rings. The van der Waals surface area contributed by atoms with Crippen molar-refractivity contribution in [1.82, 2.24) is 0 Å². The third-order valence-electron chi connectivity index (χ3n) is 2.10. The molecule has 0 aliphatic heterocycles. The van der Waals surface area contributed by atoms with Gasteiger partial charge in [0.15, 0.2) is 5.78 Å². The zero-order valence-electron chi connectivity index (χ0n) is 7.94. The van der Waals surface area contributed by atoms with Crippen LogP contribution in [-0.2, 0) is 4.79 Å². The maximum Gasteiger partial charge on any atom is 0.153 e. The Morgan fingerprint density at radius 3 is 2.57 bits per heavy atom. The Hall–Kier alpha value is -1.59. The Balaban J connectivity index is 2.83. The first-order valence-corrected chi connectivity index (χ1v) is 4.50. The average Bonchev–Trinajstić information content (AvgIpc) is 2.21. The van der Waals surface area contributed by atoms with Crippen molar-refractivity contribution in [3.8, 4) is 12.3 Å². The summed E-state index contributed by atoms with van der Waals surface area (Å²) in [5.41, 5.74) is 6.49. The van der Waals surface area contributed by atoms with E-state index in [1.165, 1.54) is 0 Å². The molecule has 0 amide bonds. The van der Waals surface area contributed by atoms with Crippen molar-refractivity contribution < 1.29 is 4.79 Å². The largest absolute Gasteiger partial charge is 0.329 e. The predicted octanol–water partition coefficient (Wildman–Crippen LogP) is 1.32. The second kappa shape index (κ2) is 5.21. The molecule has 72 valence electrons. The number of hydrogen-bond acceptors (Lipinski definition) is 2. The van der Waals surface area contributed by atoms with Gasteiger partial charge in [0.25, 0.3) is 0 Å². The van der Waals surface area contributed by atoms with E-state index in [0.717, 1.165) is 5.56 Å². The molecule has 0 radical (unpaired) electrons. The molecule has 0 aromatic heterocycles. The van der Waals surface area contributed by atoms with Crippen LogP contribution in [0.3, 0.4) is 0 Å². The molecule has 1 atom stereocenters. The van der Waals surface area contributed by atoms with Crippen LogP contribution in [0.5, 0.6) is 0 Å². The van der Waals surface area contributed by atoms with E-state index in [9.17, 15) is 4.79 Å². The molecular weight excluding hydrogens is 174 g/mol. The highest BCUT2D eigenvalue weighted by atomic mass is 16.1. The van der Waals surface area contributed by atoms with E-state index in [-0.39, 0.29) is 18.1 Å². The van der Waals surface area contributed by atoms with Gasteiger partial charge in [-0.15, -0.1) is 6.42 Å². The number of Topliss-reactive ketones (excluding diaryl/α,β-unsaturated/α-hetero) is 1. The highest BCUT2D eigenvalue weighted by molar-refractivity contribution is 5.87. The molecule has 0 spiro atoms. The minimum absolute atomic E-state index is 0.0150. The second-order valence-electron chi connectivity index (χ2n) is 3.05. The SMILES string of the molecule is C#CCC(=O)C(CN)c1ccccc1. The molecular formula is C12H13NO. The van der Waals surface area contributed by atoms with Crippen LogP contribution in [0.4, 0.5) is 0 Å². The summed E-state index contributed by atoms with van der Waals surface area (Å²) in [6.45, 7) is 0.310. The van der Waals surface area contributed by atoms with Crippen molar-refractivity contribution in [1.29, 1.82) is 0 Å². The summed E-state index contributed by atoms with van der Waals surface area (Å²) in [5.74, 6) is 2.10. The first-order chi connectivity index (χ1) is 6.79. The number of hydrogen-bond donors (Lipinski definition) is 1. The number of nitrogens with two attached hydrogens (primary N) is 1. The van der Waals surface area contributed by atoms with Gasteiger partial charge in [-0.25, -0.2) is 0 Å². The highest BCUT2D eigenvalue weighted by Gasteiger charge is 2.16. The Morgan fingerprint density at radius 1 is 1.43 bits per heavy atom. The number of ketones is 1. The topological polar surface area (TPSA) is 43.1 Å². The monoisotopic (exact) mass is 187 g/mol. The summed E-state index contributed by atoms with van der Waals surface area (Å²) in [6, 6.07) is 9.48. The maximum absolute atomic E-state index is 11.6. The predicted molar refractivity (Wildman–Crippen MR) is 56.7 cm³/mol. The molecule has 0 aliphatic carbocycles. The Kier molecular flexibility index (Phi) is 3.90. The molecule has 0 bridgehead atoms. The van der Waals surface area contributed by atoms with Crippen LogP contribution in [0.25, 0.3) is 0 Å². The van der Waals surface area contributed by atoms with Gasteiger partial charge in [0.05, 0.1) is 12.3 Å². The molecule has 2 N–H and O–H groups in total. The Morgan fingerprint density at radius 2 is 2.07 bits per heavy atom. The molecule has 0 fully saturated rings. The van der Waals surface area contributed by atoms with E-state index in [1.807, 2.05) is 30.3 Å². The van der Waals surface area contributed by atoms with E-state index in [1.54, 1.807) is 0 Å². The standard InChI is InChI=1S/C12H13NO/c1-2-6-12(14)11(9-13)10-7-4-3-5-8-10/h1,3-5,7-8,11H,6,9,13H2. The van der Waals surface area contributed by atoms with Gasteiger partial charge >= 0.3 is 0 Å². The molecule has 2 heteroatoms. The van der Waals surface area contributed by atoms with Crippen LogP contribution in [0.15, 0.2) is 30.3 Å². The molecule has 1 aromatic rings. The van der Waals surface area contributed by atoms with E-state index in [0.29, 0.717) is 6.54 Å². The van der Waals surface area contributed by atoms with E-state index in [4.69, 9.17) is 12.2 Å². The highest BCUT2D eigenvalue weighted by Crippen LogP contribution is 2.16. The van der Waals surface area contributed by atoms with E-state index in [2.05, 4.69) is 5.92 Å². The molecule has 0 saturated heterocycles. The third-order valence-corrected chi connectivity index (χ3v) is 2.10. The summed E-state index contributed by atoms with van der Waals surface area (Å²) < 4.78 is 0. The van der Waals surface area contributed by atoms with Crippen molar-refractivity contribution in [3.05, 3.63) is 35.9 Å². The Labute approximate surface area is 84.1 Å².